The van der Waals surface area contributed by atoms with Gasteiger partial charge in [-0.25, -0.2) is 9.36 Å². The number of rotatable bonds is 11. The lowest BCUT2D eigenvalue weighted by Gasteiger charge is -2.32. The van der Waals surface area contributed by atoms with Crippen molar-refractivity contribution in [1.82, 2.24) is 14.0 Å². The molecule has 1 aromatic heterocycles. The first-order chi connectivity index (χ1) is 21.3. The summed E-state index contributed by atoms with van der Waals surface area (Å²) in [4.78, 5) is 68.7. The van der Waals surface area contributed by atoms with Crippen molar-refractivity contribution < 1.29 is 33.3 Å². The van der Waals surface area contributed by atoms with E-state index in [4.69, 9.17) is 18.9 Å². The maximum absolute atomic E-state index is 14.0. The number of ketones is 1. The van der Waals surface area contributed by atoms with Gasteiger partial charge in [-0.2, -0.15) is 0 Å². The molecule has 2 aromatic rings. The molecule has 46 heavy (non-hydrogen) atoms. The normalized spacial score (nSPS) is 21.7. The molecule has 0 radical (unpaired) electrons. The van der Waals surface area contributed by atoms with Gasteiger partial charge in [0.25, 0.3) is 5.56 Å². The Morgan fingerprint density at radius 3 is 2.15 bits per heavy atom. The summed E-state index contributed by atoms with van der Waals surface area (Å²) in [5.41, 5.74) is -4.15. The third-order valence-corrected chi connectivity index (χ3v) is 7.54. The predicted molar refractivity (Wildman–Crippen MR) is 171 cm³/mol. The number of benzene rings is 1. The molecule has 1 aliphatic rings. The number of hydrogen-bond donors (Lipinski definition) is 0. The Kier molecular flexibility index (Phi) is 11.2. The lowest BCUT2D eigenvalue weighted by molar-refractivity contribution is -0.171. The molecule has 0 saturated carbocycles. The predicted octanol–water partition coefficient (Wildman–Crippen LogP) is 3.73. The summed E-state index contributed by atoms with van der Waals surface area (Å²) in [5, 5.41) is 0. The van der Waals surface area contributed by atoms with Crippen LogP contribution in [-0.2, 0) is 46.7 Å². The van der Waals surface area contributed by atoms with E-state index in [0.717, 1.165) is 14.7 Å². The summed E-state index contributed by atoms with van der Waals surface area (Å²) >= 11 is 0. The summed E-state index contributed by atoms with van der Waals surface area (Å²) in [6.07, 6.45) is 0.455. The third-order valence-electron chi connectivity index (χ3n) is 7.54. The molecule has 0 N–H and O–H groups in total. The van der Waals surface area contributed by atoms with Gasteiger partial charge in [0.05, 0.1) is 17.4 Å². The standard InChI is InChI=1S/C34H47N3O9/c1-11-34(24(38)17-18-35(9)10)26(43-20-23-15-13-12-14-16-23)25(45-30(41)33(6,7)8)28(46-34)36-19-22(2)27(39)37(31(36)42)21-44-29(40)32(3,4)5/h12-19,25-26,28H,11,20-21H2,1-10H3/b18-17+/t25-,26?,28+,34-/m0/s1. The van der Waals surface area contributed by atoms with Crippen molar-refractivity contribution in [2.24, 2.45) is 10.8 Å². The van der Waals surface area contributed by atoms with E-state index in [2.05, 4.69) is 0 Å². The number of aryl methyl sites for hydroxylation is 1. The smallest absolute Gasteiger partial charge is 0.336 e. The molecule has 1 fully saturated rings. The van der Waals surface area contributed by atoms with Gasteiger partial charge in [0.15, 0.2) is 30.4 Å². The third kappa shape index (κ3) is 8.03. The highest BCUT2D eigenvalue weighted by Gasteiger charge is 2.61. The Balaban J connectivity index is 2.24. The SMILES string of the molecule is CC[C@@]1(C(=O)/C=C/N(C)C)O[C@@H](n2cc(C)c(=O)n(COC(=O)C(C)(C)C)c2=O)[C@@H](OC(=O)C(C)(C)C)C1OCc1ccccc1. The number of carbonyl (C=O) groups is 3. The topological polar surface area (TPSA) is 135 Å². The van der Waals surface area contributed by atoms with Crippen LogP contribution >= 0.6 is 0 Å². The van der Waals surface area contributed by atoms with Gasteiger partial charge in [0.2, 0.25) is 0 Å². The van der Waals surface area contributed by atoms with Crippen LogP contribution in [0.5, 0.6) is 0 Å². The first-order valence-electron chi connectivity index (χ1n) is 15.3. The second-order valence-electron chi connectivity index (χ2n) is 13.8. The number of carbonyl (C=O) groups excluding carboxylic acids is 3. The van der Waals surface area contributed by atoms with Crippen molar-refractivity contribution in [3.8, 4) is 0 Å². The fourth-order valence-electron chi connectivity index (χ4n) is 4.80. The van der Waals surface area contributed by atoms with Gasteiger partial charge in [-0.3, -0.25) is 23.7 Å². The van der Waals surface area contributed by atoms with Gasteiger partial charge in [0, 0.05) is 38.1 Å². The number of nitrogens with zero attached hydrogens (tertiary/aromatic N) is 3. The molecule has 12 heteroatoms. The number of esters is 2. The van der Waals surface area contributed by atoms with Crippen LogP contribution < -0.4 is 11.2 Å². The summed E-state index contributed by atoms with van der Waals surface area (Å²) in [5.74, 6) is -1.68. The van der Waals surface area contributed by atoms with E-state index in [-0.39, 0.29) is 18.6 Å². The van der Waals surface area contributed by atoms with Gasteiger partial charge in [-0.05, 0) is 60.5 Å². The molecule has 0 bridgehead atoms. The first-order valence-corrected chi connectivity index (χ1v) is 15.3. The second-order valence-corrected chi connectivity index (χ2v) is 13.8. The van der Waals surface area contributed by atoms with Crippen molar-refractivity contribution in [3.63, 3.8) is 0 Å². The van der Waals surface area contributed by atoms with Gasteiger partial charge in [-0.15, -0.1) is 0 Å². The highest BCUT2D eigenvalue weighted by molar-refractivity contribution is 5.98. The fraction of sp³-hybridized carbons (Fsp3) is 0.559. The van der Waals surface area contributed by atoms with Crippen LogP contribution in [-0.4, -0.2) is 63.7 Å². The molecule has 0 spiro atoms. The molecule has 12 nitrogen and oxygen atoms in total. The molecular formula is C34H47N3O9. The van der Waals surface area contributed by atoms with Gasteiger partial charge < -0.3 is 23.8 Å². The lowest BCUT2D eigenvalue weighted by atomic mass is 9.87. The average molecular weight is 642 g/mol. The summed E-state index contributed by atoms with van der Waals surface area (Å²) < 4.78 is 26.2. The van der Waals surface area contributed by atoms with E-state index in [1.807, 2.05) is 30.3 Å². The van der Waals surface area contributed by atoms with Crippen LogP contribution in [0.3, 0.4) is 0 Å². The zero-order valence-corrected chi connectivity index (χ0v) is 28.5. The van der Waals surface area contributed by atoms with Gasteiger partial charge in [0.1, 0.15) is 6.10 Å². The molecule has 3 rings (SSSR count). The summed E-state index contributed by atoms with van der Waals surface area (Å²) in [7, 11) is 3.52. The molecule has 252 valence electrons. The van der Waals surface area contributed by atoms with Crippen molar-refractivity contribution in [2.75, 3.05) is 14.1 Å². The van der Waals surface area contributed by atoms with Crippen LogP contribution in [0.1, 0.15) is 72.2 Å². The highest BCUT2D eigenvalue weighted by Crippen LogP contribution is 2.44. The largest absolute Gasteiger partial charge is 0.454 e. The maximum atomic E-state index is 14.0. The van der Waals surface area contributed by atoms with Crippen LogP contribution in [0.25, 0.3) is 0 Å². The highest BCUT2D eigenvalue weighted by atomic mass is 16.6. The van der Waals surface area contributed by atoms with E-state index in [1.165, 1.54) is 19.2 Å². The molecule has 2 heterocycles. The minimum atomic E-state index is -1.69. The molecule has 1 unspecified atom stereocenters. The molecule has 0 amide bonds. The zero-order chi connectivity index (χ0) is 34.6. The number of aromatic nitrogens is 2. The quantitative estimate of drug-likeness (QED) is 0.264. The fourth-order valence-corrected chi connectivity index (χ4v) is 4.80. The van der Waals surface area contributed by atoms with Crippen molar-refractivity contribution in [2.45, 2.75) is 99.2 Å². The lowest BCUT2D eigenvalue weighted by Crippen LogP contribution is -2.51. The Hall–Kier alpha value is -4.03. The van der Waals surface area contributed by atoms with E-state index < -0.39 is 70.6 Å². The van der Waals surface area contributed by atoms with Crippen molar-refractivity contribution in [3.05, 3.63) is 80.8 Å². The monoisotopic (exact) mass is 641 g/mol. The van der Waals surface area contributed by atoms with E-state index in [1.54, 1.807) is 73.7 Å². The Morgan fingerprint density at radius 1 is 1.00 bits per heavy atom. The Morgan fingerprint density at radius 2 is 1.61 bits per heavy atom. The molecule has 0 aliphatic carbocycles. The van der Waals surface area contributed by atoms with Crippen molar-refractivity contribution >= 4 is 17.7 Å². The van der Waals surface area contributed by atoms with Gasteiger partial charge in [-0.1, -0.05) is 37.3 Å². The maximum Gasteiger partial charge on any atom is 0.336 e. The number of ether oxygens (including phenoxy) is 4. The van der Waals surface area contributed by atoms with E-state index in [0.29, 0.717) is 0 Å². The average Bonchev–Trinajstić information content (AvgIpc) is 3.29. The van der Waals surface area contributed by atoms with E-state index in [9.17, 15) is 24.0 Å². The van der Waals surface area contributed by atoms with Crippen LogP contribution in [0.15, 0.2) is 58.4 Å². The summed E-state index contributed by atoms with van der Waals surface area (Å²) in [6.45, 7) is 12.6. The van der Waals surface area contributed by atoms with E-state index >= 15 is 0 Å². The molecule has 1 saturated heterocycles. The number of hydrogen-bond acceptors (Lipinski definition) is 10. The Bertz CT molecular complexity index is 1560. The molecule has 1 aromatic carbocycles. The van der Waals surface area contributed by atoms with Gasteiger partial charge >= 0.3 is 17.6 Å². The van der Waals surface area contributed by atoms with Crippen LogP contribution in [0.2, 0.25) is 0 Å². The second kappa shape index (κ2) is 14.2. The summed E-state index contributed by atoms with van der Waals surface area (Å²) in [6, 6.07) is 9.27. The van der Waals surface area contributed by atoms with Crippen LogP contribution in [0, 0.1) is 17.8 Å². The molecule has 1 aliphatic heterocycles. The molecule has 4 atom stereocenters. The van der Waals surface area contributed by atoms with Crippen molar-refractivity contribution in [1.29, 1.82) is 0 Å². The minimum Gasteiger partial charge on any atom is -0.454 e. The minimum absolute atomic E-state index is 0.0494. The van der Waals surface area contributed by atoms with Crippen LogP contribution in [0.4, 0.5) is 0 Å². The Labute approximate surface area is 269 Å². The zero-order valence-electron chi connectivity index (χ0n) is 28.5. The first kappa shape index (κ1) is 36.4. The molecular weight excluding hydrogens is 594 g/mol.